The maximum absolute atomic E-state index is 13.5. The van der Waals surface area contributed by atoms with Gasteiger partial charge in [-0.2, -0.15) is 14.6 Å². The topological polar surface area (TPSA) is 70.8 Å². The van der Waals surface area contributed by atoms with Gasteiger partial charge in [-0.15, -0.1) is 0 Å². The van der Waals surface area contributed by atoms with Gasteiger partial charge < -0.3 is 10.1 Å². The fourth-order valence-corrected chi connectivity index (χ4v) is 1.35. The molecule has 0 bridgehead atoms. The molecule has 19 heavy (non-hydrogen) atoms. The molecule has 5 nitrogen and oxygen atoms in total. The number of rotatable bonds is 3. The largest absolute Gasteiger partial charge is 0.435 e. The molecule has 0 radical (unpaired) electrons. The van der Waals surface area contributed by atoms with Crippen LogP contribution in [0.4, 0.5) is 14.7 Å². The highest BCUT2D eigenvalue weighted by Gasteiger charge is 2.14. The normalized spacial score (nSPS) is 9.79. The van der Waals surface area contributed by atoms with Crippen molar-refractivity contribution in [3.05, 3.63) is 41.6 Å². The summed E-state index contributed by atoms with van der Waals surface area (Å²) in [5, 5.41) is 11.5. The standard InChI is InChI=1S/C12H8F2N4O/c1-16-12-17-6-9(14)11(18-12)19-10-4-2-3-8(13)7(10)5-15/h2-4,6H,1H3,(H,16,17,18). The van der Waals surface area contributed by atoms with Crippen molar-refractivity contribution in [2.24, 2.45) is 0 Å². The first-order chi connectivity index (χ1) is 9.15. The zero-order chi connectivity index (χ0) is 13.8. The second kappa shape index (κ2) is 5.27. The first-order valence-electron chi connectivity index (χ1n) is 5.22. The lowest BCUT2D eigenvalue weighted by atomic mass is 10.2. The highest BCUT2D eigenvalue weighted by atomic mass is 19.1. The molecule has 2 rings (SSSR count). The maximum atomic E-state index is 13.5. The Bertz CT molecular complexity index is 655. The molecule has 0 amide bonds. The molecule has 0 spiro atoms. The van der Waals surface area contributed by atoms with Crippen LogP contribution < -0.4 is 10.1 Å². The number of anilines is 1. The summed E-state index contributed by atoms with van der Waals surface area (Å²) in [6, 6.07) is 5.46. The number of aromatic nitrogens is 2. The number of hydrogen-bond acceptors (Lipinski definition) is 5. The van der Waals surface area contributed by atoms with Crippen LogP contribution in [0.5, 0.6) is 11.6 Å². The highest BCUT2D eigenvalue weighted by molar-refractivity contribution is 5.45. The molecule has 2 aromatic rings. The monoisotopic (exact) mass is 262 g/mol. The second-order valence-electron chi connectivity index (χ2n) is 3.42. The molecule has 0 saturated carbocycles. The maximum Gasteiger partial charge on any atom is 0.260 e. The lowest BCUT2D eigenvalue weighted by molar-refractivity contribution is 0.416. The van der Waals surface area contributed by atoms with E-state index in [0.717, 1.165) is 12.3 Å². The van der Waals surface area contributed by atoms with Gasteiger partial charge in [0.25, 0.3) is 5.88 Å². The van der Waals surface area contributed by atoms with Gasteiger partial charge in [0.1, 0.15) is 23.2 Å². The number of nitrogens with one attached hydrogen (secondary N) is 1. The minimum atomic E-state index is -0.813. The van der Waals surface area contributed by atoms with Gasteiger partial charge in [-0.3, -0.25) is 0 Å². The minimum Gasteiger partial charge on any atom is -0.435 e. The smallest absolute Gasteiger partial charge is 0.260 e. The average Bonchev–Trinajstić information content (AvgIpc) is 2.41. The quantitative estimate of drug-likeness (QED) is 0.919. The van der Waals surface area contributed by atoms with E-state index >= 15 is 0 Å². The summed E-state index contributed by atoms with van der Waals surface area (Å²) in [6.07, 6.45) is 0.916. The average molecular weight is 262 g/mol. The molecule has 1 N–H and O–H groups in total. The molecule has 1 aromatic carbocycles. The summed E-state index contributed by atoms with van der Waals surface area (Å²) in [6.45, 7) is 0. The Morgan fingerprint density at radius 1 is 1.32 bits per heavy atom. The predicted molar refractivity (Wildman–Crippen MR) is 62.7 cm³/mol. The van der Waals surface area contributed by atoms with Gasteiger partial charge in [-0.1, -0.05) is 6.07 Å². The van der Waals surface area contributed by atoms with Crippen molar-refractivity contribution in [1.29, 1.82) is 5.26 Å². The van der Waals surface area contributed by atoms with Crippen molar-refractivity contribution in [2.75, 3.05) is 12.4 Å². The van der Waals surface area contributed by atoms with E-state index in [4.69, 9.17) is 10.00 Å². The van der Waals surface area contributed by atoms with Gasteiger partial charge >= 0.3 is 0 Å². The molecule has 7 heteroatoms. The van der Waals surface area contributed by atoms with Crippen LogP contribution in [0, 0.1) is 23.0 Å². The Morgan fingerprint density at radius 2 is 2.11 bits per heavy atom. The summed E-state index contributed by atoms with van der Waals surface area (Å²) in [5.41, 5.74) is -0.313. The van der Waals surface area contributed by atoms with E-state index in [0.29, 0.717) is 0 Å². The summed E-state index contributed by atoms with van der Waals surface area (Å²) >= 11 is 0. The van der Waals surface area contributed by atoms with Crippen LogP contribution in [0.15, 0.2) is 24.4 Å². The fourth-order valence-electron chi connectivity index (χ4n) is 1.35. The molecule has 0 aliphatic rings. The number of hydrogen-bond donors (Lipinski definition) is 1. The van der Waals surface area contributed by atoms with Gasteiger partial charge in [0, 0.05) is 7.05 Å². The van der Waals surface area contributed by atoms with E-state index in [2.05, 4.69) is 15.3 Å². The van der Waals surface area contributed by atoms with Crippen LogP contribution in [0.3, 0.4) is 0 Å². The Hall–Kier alpha value is -2.75. The van der Waals surface area contributed by atoms with E-state index in [1.807, 2.05) is 0 Å². The summed E-state index contributed by atoms with van der Waals surface area (Å²) in [7, 11) is 1.56. The third-order valence-electron chi connectivity index (χ3n) is 2.23. The first kappa shape index (κ1) is 12.7. The Kier molecular flexibility index (Phi) is 3.52. The molecule has 0 saturated heterocycles. The number of ether oxygens (including phenoxy) is 1. The highest BCUT2D eigenvalue weighted by Crippen LogP contribution is 2.27. The number of benzene rings is 1. The number of nitrogens with zero attached hydrogens (tertiary/aromatic N) is 3. The van der Waals surface area contributed by atoms with Crippen LogP contribution in [0.2, 0.25) is 0 Å². The van der Waals surface area contributed by atoms with E-state index in [9.17, 15) is 8.78 Å². The Balaban J connectivity index is 2.42. The van der Waals surface area contributed by atoms with Crippen LogP contribution in [-0.2, 0) is 0 Å². The zero-order valence-electron chi connectivity index (χ0n) is 9.82. The third-order valence-corrected chi connectivity index (χ3v) is 2.23. The molecule has 96 valence electrons. The lowest BCUT2D eigenvalue weighted by Gasteiger charge is -2.08. The van der Waals surface area contributed by atoms with Crippen molar-refractivity contribution < 1.29 is 13.5 Å². The Morgan fingerprint density at radius 3 is 2.79 bits per heavy atom. The molecular weight excluding hydrogens is 254 g/mol. The molecule has 0 unspecified atom stereocenters. The minimum absolute atomic E-state index is 0.109. The Labute approximate surface area is 107 Å². The van der Waals surface area contributed by atoms with Crippen molar-refractivity contribution in [2.45, 2.75) is 0 Å². The summed E-state index contributed by atoms with van der Waals surface area (Å²) in [4.78, 5) is 7.38. The SMILES string of the molecule is CNc1ncc(F)c(Oc2cccc(F)c2C#N)n1. The van der Waals surface area contributed by atoms with Gasteiger partial charge in [0.2, 0.25) is 11.8 Å². The molecule has 0 aliphatic heterocycles. The van der Waals surface area contributed by atoms with E-state index in [1.165, 1.54) is 12.1 Å². The van der Waals surface area contributed by atoms with E-state index in [1.54, 1.807) is 13.1 Å². The van der Waals surface area contributed by atoms with Gasteiger partial charge in [-0.25, -0.2) is 9.37 Å². The number of halogens is 2. The molecule has 0 aliphatic carbocycles. The van der Waals surface area contributed by atoms with Crippen LogP contribution >= 0.6 is 0 Å². The molecule has 0 fully saturated rings. The van der Waals surface area contributed by atoms with Crippen LogP contribution in [-0.4, -0.2) is 17.0 Å². The summed E-state index contributed by atoms with van der Waals surface area (Å²) < 4.78 is 32.0. The van der Waals surface area contributed by atoms with Crippen molar-refractivity contribution in [3.63, 3.8) is 0 Å². The molecule has 1 heterocycles. The molecule has 0 atom stereocenters. The summed E-state index contributed by atoms with van der Waals surface area (Å²) in [5.74, 6) is -1.91. The predicted octanol–water partition coefficient (Wildman–Crippen LogP) is 2.46. The first-order valence-corrected chi connectivity index (χ1v) is 5.22. The van der Waals surface area contributed by atoms with E-state index < -0.39 is 11.6 Å². The van der Waals surface area contributed by atoms with Crippen molar-refractivity contribution in [1.82, 2.24) is 9.97 Å². The molecule has 1 aromatic heterocycles. The third kappa shape index (κ3) is 2.57. The number of nitriles is 1. The van der Waals surface area contributed by atoms with Crippen LogP contribution in [0.1, 0.15) is 5.56 Å². The zero-order valence-corrected chi connectivity index (χ0v) is 9.82. The fraction of sp³-hybridized carbons (Fsp3) is 0.0833. The van der Waals surface area contributed by atoms with E-state index in [-0.39, 0.29) is 23.1 Å². The molecular formula is C12H8F2N4O. The van der Waals surface area contributed by atoms with Crippen LogP contribution in [0.25, 0.3) is 0 Å². The van der Waals surface area contributed by atoms with Gasteiger partial charge in [0.15, 0.2) is 0 Å². The van der Waals surface area contributed by atoms with Gasteiger partial charge in [0.05, 0.1) is 6.20 Å². The van der Waals surface area contributed by atoms with Crippen molar-refractivity contribution >= 4 is 5.95 Å². The van der Waals surface area contributed by atoms with Crippen molar-refractivity contribution in [3.8, 4) is 17.7 Å². The van der Waals surface area contributed by atoms with Gasteiger partial charge in [-0.05, 0) is 12.1 Å². The lowest BCUT2D eigenvalue weighted by Crippen LogP contribution is -2.01. The second-order valence-corrected chi connectivity index (χ2v) is 3.42.